The highest BCUT2D eigenvalue weighted by Crippen LogP contribution is 2.64. The first-order chi connectivity index (χ1) is 24.5. The summed E-state index contributed by atoms with van der Waals surface area (Å²) in [7, 11) is 0. The Balaban J connectivity index is 1.30. The van der Waals surface area contributed by atoms with E-state index in [0.717, 1.165) is 59.9 Å². The van der Waals surface area contributed by atoms with Crippen molar-refractivity contribution < 1.29 is 19.2 Å². The minimum Gasteiger partial charge on any atom is -0.355 e. The Morgan fingerprint density at radius 2 is 1.73 bits per heavy atom. The monoisotopic (exact) mass is 754 g/mol. The third-order valence-corrected chi connectivity index (χ3v) is 11.5. The lowest BCUT2D eigenvalue weighted by Crippen LogP contribution is -2.47. The summed E-state index contributed by atoms with van der Waals surface area (Å²) in [5, 5.41) is 11.6. The molecule has 266 valence electrons. The summed E-state index contributed by atoms with van der Waals surface area (Å²) >= 11 is 3.39. The Morgan fingerprint density at radius 3 is 2.47 bits per heavy atom. The van der Waals surface area contributed by atoms with E-state index in [1.54, 1.807) is 28.0 Å². The standard InChI is InChI=1S/C38H43BrN8O4/c1-21-12-13-30(39)43-36(21)44-37(51)29-16-38-20-42-31(49)11-9-7-5-6-8-10-25-14-26(27-17-40-24(4)41-18-27)15-28-33(23(3)48)45-46(34(25)28)19-32(50)47(29)35(38)22(38)2/h12-15,17-18,22,29,35H,5-11,16,19-20H2,1-4H3,(H,42,49)(H,43,44,51)/t22-,29-,35+,38+/m0/s1. The number of Topliss-reactive ketones (excluding diaryl/α,β-unsaturated/α-hetero) is 1. The van der Waals surface area contributed by atoms with Gasteiger partial charge in [-0.2, -0.15) is 5.10 Å². The molecule has 4 atom stereocenters. The molecule has 4 aromatic rings. The van der Waals surface area contributed by atoms with Crippen molar-refractivity contribution in [1.29, 1.82) is 0 Å². The number of carbonyl (C=O) groups excluding carboxylic acids is 4. The molecule has 7 rings (SSSR count). The van der Waals surface area contributed by atoms with Crippen LogP contribution in [0.15, 0.2) is 41.3 Å². The summed E-state index contributed by atoms with van der Waals surface area (Å²) in [5.74, 6) is 0.378. The maximum Gasteiger partial charge on any atom is 0.248 e. The number of amides is 3. The zero-order valence-electron chi connectivity index (χ0n) is 29.5. The summed E-state index contributed by atoms with van der Waals surface area (Å²) in [6, 6.07) is 6.69. The van der Waals surface area contributed by atoms with Crippen molar-refractivity contribution in [3.63, 3.8) is 0 Å². The van der Waals surface area contributed by atoms with Gasteiger partial charge in [0.2, 0.25) is 17.7 Å². The van der Waals surface area contributed by atoms with Gasteiger partial charge in [-0.05, 0) is 96.3 Å². The number of nitrogens with zero attached hydrogens (tertiary/aromatic N) is 6. The van der Waals surface area contributed by atoms with Crippen LogP contribution in [0.5, 0.6) is 0 Å². The van der Waals surface area contributed by atoms with Gasteiger partial charge < -0.3 is 15.5 Å². The number of pyridine rings is 1. The fourth-order valence-electron chi connectivity index (χ4n) is 8.24. The van der Waals surface area contributed by atoms with Crippen LogP contribution >= 0.6 is 15.9 Å². The van der Waals surface area contributed by atoms with E-state index in [-0.39, 0.29) is 42.0 Å². The highest BCUT2D eigenvalue weighted by Gasteiger charge is 2.72. The van der Waals surface area contributed by atoms with Crippen LogP contribution in [0.3, 0.4) is 0 Å². The first-order valence-electron chi connectivity index (χ1n) is 17.8. The van der Waals surface area contributed by atoms with Crippen molar-refractivity contribution in [1.82, 2.24) is 34.9 Å². The molecule has 1 saturated carbocycles. The number of halogens is 1. The first-order valence-corrected chi connectivity index (χ1v) is 18.6. The Hall–Kier alpha value is -4.52. The van der Waals surface area contributed by atoms with E-state index in [4.69, 9.17) is 5.10 Å². The average Bonchev–Trinajstić information content (AvgIpc) is 3.35. The van der Waals surface area contributed by atoms with Gasteiger partial charge in [0, 0.05) is 54.7 Å². The lowest BCUT2D eigenvalue weighted by atomic mass is 9.95. The molecule has 0 unspecified atom stereocenters. The number of ketones is 1. The van der Waals surface area contributed by atoms with Crippen molar-refractivity contribution >= 4 is 56.2 Å². The average molecular weight is 756 g/mol. The maximum absolute atomic E-state index is 14.6. The molecule has 0 radical (unpaired) electrons. The van der Waals surface area contributed by atoms with E-state index < -0.39 is 11.5 Å². The van der Waals surface area contributed by atoms with Gasteiger partial charge in [-0.3, -0.25) is 23.9 Å². The molecule has 2 fully saturated rings. The number of anilines is 1. The van der Waals surface area contributed by atoms with Crippen LogP contribution in [0.1, 0.15) is 86.2 Å². The molecule has 12 nitrogen and oxygen atoms in total. The third kappa shape index (κ3) is 6.68. The second kappa shape index (κ2) is 13.9. The van der Waals surface area contributed by atoms with Crippen molar-refractivity contribution in [3.8, 4) is 11.1 Å². The van der Waals surface area contributed by atoms with Gasteiger partial charge in [0.25, 0.3) is 0 Å². The predicted octanol–water partition coefficient (Wildman–Crippen LogP) is 5.73. The number of nitrogens with one attached hydrogen (secondary N) is 2. The summed E-state index contributed by atoms with van der Waals surface area (Å²) in [5.41, 5.74) is 4.11. The summed E-state index contributed by atoms with van der Waals surface area (Å²) in [6.45, 7) is 7.53. The van der Waals surface area contributed by atoms with E-state index in [9.17, 15) is 19.2 Å². The largest absolute Gasteiger partial charge is 0.355 e. The topological polar surface area (TPSA) is 152 Å². The van der Waals surface area contributed by atoms with E-state index in [1.807, 2.05) is 26.0 Å². The minimum absolute atomic E-state index is 0.000294. The number of aryl methyl sites for hydroxylation is 3. The molecule has 1 saturated heterocycles. The first kappa shape index (κ1) is 34.9. The molecule has 3 aliphatic rings. The molecule has 5 heterocycles. The molecule has 1 aromatic carbocycles. The highest BCUT2D eigenvalue weighted by atomic mass is 79.9. The van der Waals surface area contributed by atoms with Crippen LogP contribution in [0, 0.1) is 25.2 Å². The second-order valence-corrected chi connectivity index (χ2v) is 15.2. The Kier molecular flexibility index (Phi) is 9.51. The number of hydrogen-bond donors (Lipinski definition) is 2. The molecule has 1 aliphatic carbocycles. The number of benzene rings is 1. The number of piperidine rings is 1. The van der Waals surface area contributed by atoms with E-state index >= 15 is 0 Å². The van der Waals surface area contributed by atoms with Gasteiger partial charge in [0.05, 0.1) is 5.52 Å². The molecule has 0 spiro atoms. The van der Waals surface area contributed by atoms with Crippen molar-refractivity contribution in [3.05, 3.63) is 63.9 Å². The number of aromatic nitrogens is 5. The molecule has 2 N–H and O–H groups in total. The normalized spacial score (nSPS) is 24.0. The Labute approximate surface area is 305 Å². The third-order valence-electron chi connectivity index (χ3n) is 11.1. The molecule has 51 heavy (non-hydrogen) atoms. The van der Waals surface area contributed by atoms with Crippen molar-refractivity contribution in [2.24, 2.45) is 11.3 Å². The maximum atomic E-state index is 14.6. The summed E-state index contributed by atoms with van der Waals surface area (Å²) in [4.78, 5) is 69.7. The number of rotatable bonds is 4. The molecule has 13 heteroatoms. The number of carbonyl (C=O) groups is 4. The van der Waals surface area contributed by atoms with Crippen LogP contribution in [0.2, 0.25) is 0 Å². The van der Waals surface area contributed by atoms with Gasteiger partial charge in [0.15, 0.2) is 5.78 Å². The second-order valence-electron chi connectivity index (χ2n) is 14.4. The summed E-state index contributed by atoms with van der Waals surface area (Å²) < 4.78 is 2.24. The molecular formula is C38H43BrN8O4. The SMILES string of the molecule is CC(=O)c1nn2c3c(cc(-c4cnc(C)nc4)cc13)CCCCCCCC(=O)NC[C@@]13C[C@@H](C(=O)Nc4nc(Br)ccc4C)N(C(=O)C2)[C@@H]1[C@@H]3C. The van der Waals surface area contributed by atoms with E-state index in [0.29, 0.717) is 53.1 Å². The van der Waals surface area contributed by atoms with Crippen molar-refractivity contribution in [2.75, 3.05) is 11.9 Å². The zero-order chi connectivity index (χ0) is 36.0. The van der Waals surface area contributed by atoms with Gasteiger partial charge in [-0.1, -0.05) is 32.3 Å². The van der Waals surface area contributed by atoms with Gasteiger partial charge in [-0.15, -0.1) is 0 Å². The van der Waals surface area contributed by atoms with Crippen LogP contribution in [-0.4, -0.2) is 71.8 Å². The quantitative estimate of drug-likeness (QED) is 0.198. The molecule has 3 aromatic heterocycles. The Bertz CT molecular complexity index is 2050. The van der Waals surface area contributed by atoms with Crippen LogP contribution in [-0.2, 0) is 27.3 Å². The zero-order valence-corrected chi connectivity index (χ0v) is 31.0. The Morgan fingerprint density at radius 1 is 1.00 bits per heavy atom. The summed E-state index contributed by atoms with van der Waals surface area (Å²) in [6.07, 6.45) is 9.76. The number of hydrogen-bond acceptors (Lipinski definition) is 8. The van der Waals surface area contributed by atoms with Gasteiger partial charge >= 0.3 is 0 Å². The molecule has 3 amide bonds. The molecule has 2 aliphatic heterocycles. The van der Waals surface area contributed by atoms with E-state index in [1.165, 1.54) is 6.92 Å². The highest BCUT2D eigenvalue weighted by molar-refractivity contribution is 9.10. The minimum atomic E-state index is -0.778. The van der Waals surface area contributed by atoms with Gasteiger partial charge in [0.1, 0.15) is 34.5 Å². The fraction of sp³-hybridized carbons (Fsp3) is 0.474. The fourth-order valence-corrected chi connectivity index (χ4v) is 8.55. The van der Waals surface area contributed by atoms with E-state index in [2.05, 4.69) is 54.5 Å². The van der Waals surface area contributed by atoms with Crippen LogP contribution < -0.4 is 10.6 Å². The lowest BCUT2D eigenvalue weighted by molar-refractivity contribution is -0.139. The van der Waals surface area contributed by atoms with Gasteiger partial charge in [-0.25, -0.2) is 15.0 Å². The predicted molar refractivity (Wildman–Crippen MR) is 196 cm³/mol. The molecule has 2 bridgehead atoms. The van der Waals surface area contributed by atoms with Crippen LogP contribution in [0.25, 0.3) is 22.0 Å². The smallest absolute Gasteiger partial charge is 0.248 e. The lowest BCUT2D eigenvalue weighted by Gasteiger charge is -2.28. The molecular weight excluding hydrogens is 712 g/mol. The van der Waals surface area contributed by atoms with Crippen molar-refractivity contribution in [2.45, 2.75) is 97.7 Å². The van der Waals surface area contributed by atoms with Crippen LogP contribution in [0.4, 0.5) is 5.82 Å².